The Balaban J connectivity index is 2.10. The zero-order valence-corrected chi connectivity index (χ0v) is 13.4. The first kappa shape index (κ1) is 14.7. The molecule has 2 rings (SSSR count). The lowest BCUT2D eigenvalue weighted by atomic mass is 10.2. The minimum atomic E-state index is -0.319. The second kappa shape index (κ2) is 6.65. The van der Waals surface area contributed by atoms with Gasteiger partial charge in [0.1, 0.15) is 0 Å². The Morgan fingerprint density at radius 1 is 0.850 bits per heavy atom. The maximum absolute atomic E-state index is 11.3. The molecule has 102 valence electrons. The average molecular weight is 381 g/mol. The van der Waals surface area contributed by atoms with Crippen LogP contribution in [0.25, 0.3) is 0 Å². The summed E-state index contributed by atoms with van der Waals surface area (Å²) in [5, 5.41) is 0. The van der Waals surface area contributed by atoms with Crippen LogP contribution >= 0.6 is 0 Å². The topological polar surface area (TPSA) is 43.4 Å². The van der Waals surface area contributed by atoms with Crippen molar-refractivity contribution in [1.29, 1.82) is 0 Å². The van der Waals surface area contributed by atoms with Gasteiger partial charge in [-0.1, -0.05) is 0 Å². The van der Waals surface area contributed by atoms with Crippen molar-refractivity contribution in [1.82, 2.24) is 0 Å². The monoisotopic (exact) mass is 381 g/mol. The van der Waals surface area contributed by atoms with Crippen LogP contribution in [0.1, 0.15) is 27.6 Å². The number of Topliss-reactive ketones (excluding diaryl/α,β-unsaturated/α-hetero) is 1. The lowest BCUT2D eigenvalue weighted by molar-refractivity contribution is -0.597. The third-order valence-corrected chi connectivity index (χ3v) is 5.42. The highest BCUT2D eigenvalue weighted by atomic mass is 127. The summed E-state index contributed by atoms with van der Waals surface area (Å²) in [4.78, 5) is 22.5. The van der Waals surface area contributed by atoms with Gasteiger partial charge in [0.25, 0.3) is 0 Å². The van der Waals surface area contributed by atoms with E-state index in [1.54, 1.807) is 19.1 Å². The minimum absolute atomic E-state index is 0.0807. The Kier molecular flexibility index (Phi) is 4.89. The maximum atomic E-state index is 11.3. The van der Waals surface area contributed by atoms with Gasteiger partial charge in [0.15, 0.2) is 12.9 Å². The average Bonchev–Trinajstić information content (AvgIpc) is 2.48. The van der Waals surface area contributed by atoms with E-state index in [2.05, 4.69) is 4.74 Å². The van der Waals surface area contributed by atoms with E-state index in [1.165, 1.54) is 14.3 Å². The molecule has 0 bridgehead atoms. The van der Waals surface area contributed by atoms with Gasteiger partial charge < -0.3 is 4.74 Å². The van der Waals surface area contributed by atoms with Crippen LogP contribution in [0, 0.1) is 7.14 Å². The molecule has 3 nitrogen and oxygen atoms in total. The molecule has 0 saturated heterocycles. The molecule has 0 unspecified atom stereocenters. The summed E-state index contributed by atoms with van der Waals surface area (Å²) in [7, 11) is 1.37. The summed E-state index contributed by atoms with van der Waals surface area (Å²) >= 11 is -0.304. The van der Waals surface area contributed by atoms with Gasteiger partial charge >= 0.3 is 27.2 Å². The predicted octanol–water partition coefficient (Wildman–Crippen LogP) is -0.196. The fraction of sp³-hybridized carbons (Fsp3) is 0.125. The van der Waals surface area contributed by atoms with Crippen LogP contribution < -0.4 is 21.2 Å². The van der Waals surface area contributed by atoms with E-state index in [1.807, 2.05) is 36.4 Å². The van der Waals surface area contributed by atoms with E-state index < -0.39 is 0 Å². The quantitative estimate of drug-likeness (QED) is 0.419. The largest absolute Gasteiger partial charge is 0.465 e. The van der Waals surface area contributed by atoms with E-state index in [0.29, 0.717) is 5.56 Å². The number of methoxy groups -OCH3 is 1. The number of carbonyl (C=O) groups excluding carboxylic acids is 2. The fourth-order valence-corrected chi connectivity index (χ4v) is 3.80. The van der Waals surface area contributed by atoms with Gasteiger partial charge in [0.05, 0.1) is 12.7 Å². The molecule has 0 amide bonds. The third kappa shape index (κ3) is 3.66. The number of halogens is 1. The molecule has 0 saturated carbocycles. The smallest absolute Gasteiger partial charge is 0.357 e. The highest BCUT2D eigenvalue weighted by Gasteiger charge is 2.16. The van der Waals surface area contributed by atoms with E-state index in [-0.39, 0.29) is 33.0 Å². The summed E-state index contributed by atoms with van der Waals surface area (Å²) in [5.74, 6) is -0.238. The Labute approximate surface area is 128 Å². The highest BCUT2D eigenvalue weighted by Crippen LogP contribution is 2.01. The van der Waals surface area contributed by atoms with Crippen LogP contribution in [0.15, 0.2) is 48.5 Å². The van der Waals surface area contributed by atoms with Gasteiger partial charge in [-0.15, -0.1) is 0 Å². The number of ketones is 1. The molecule has 0 atom stereocenters. The second-order valence-corrected chi connectivity index (χ2v) is 7.19. The summed E-state index contributed by atoms with van der Waals surface area (Å²) < 4.78 is 7.12. The molecule has 0 fully saturated rings. The number of benzene rings is 2. The summed E-state index contributed by atoms with van der Waals surface area (Å²) in [6, 6.07) is 15.2. The van der Waals surface area contributed by atoms with Crippen LogP contribution in [0.4, 0.5) is 0 Å². The molecule has 2 aromatic rings. The van der Waals surface area contributed by atoms with Gasteiger partial charge in [-0.2, -0.15) is 0 Å². The maximum Gasteiger partial charge on any atom is 0.357 e. The molecule has 20 heavy (non-hydrogen) atoms. The van der Waals surface area contributed by atoms with Crippen molar-refractivity contribution in [2.24, 2.45) is 0 Å². The molecule has 0 aromatic heterocycles. The Bertz CT molecular complexity index is 615. The van der Waals surface area contributed by atoms with Gasteiger partial charge in [-0.25, -0.2) is 4.79 Å². The van der Waals surface area contributed by atoms with Crippen molar-refractivity contribution < 1.29 is 35.5 Å². The standard InChI is InChI=1S/C16H14IO3/c1-11(18)12-3-7-14(8-4-12)17-15-9-5-13(6-10-15)16(19)20-2/h3-10H,1-2H3/q+1. The van der Waals surface area contributed by atoms with E-state index in [0.717, 1.165) is 5.56 Å². The van der Waals surface area contributed by atoms with Crippen LogP contribution in [-0.4, -0.2) is 18.9 Å². The molecule has 0 aliphatic heterocycles. The van der Waals surface area contributed by atoms with Crippen molar-refractivity contribution >= 4 is 11.8 Å². The number of ether oxygens (including phenoxy) is 1. The zero-order chi connectivity index (χ0) is 14.5. The molecule has 4 heteroatoms. The van der Waals surface area contributed by atoms with E-state index >= 15 is 0 Å². The minimum Gasteiger partial charge on any atom is -0.465 e. The third-order valence-electron chi connectivity index (χ3n) is 2.73. The van der Waals surface area contributed by atoms with E-state index in [4.69, 9.17) is 0 Å². The molecular formula is C16H14IO3+. The Morgan fingerprint density at radius 2 is 1.30 bits per heavy atom. The lowest BCUT2D eigenvalue weighted by Gasteiger charge is -1.97. The number of esters is 1. The normalized spacial score (nSPS) is 10.1. The Morgan fingerprint density at radius 3 is 1.70 bits per heavy atom. The number of rotatable bonds is 4. The molecule has 0 aliphatic rings. The van der Waals surface area contributed by atoms with Crippen molar-refractivity contribution in [3.63, 3.8) is 0 Å². The SMILES string of the molecule is COC(=O)c1ccc([I+]c2ccc(C(C)=O)cc2)cc1. The van der Waals surface area contributed by atoms with Gasteiger partial charge in [0, 0.05) is 5.56 Å². The fourth-order valence-electron chi connectivity index (χ4n) is 1.64. The van der Waals surface area contributed by atoms with Gasteiger partial charge in [-0.3, -0.25) is 4.79 Å². The first-order valence-electron chi connectivity index (χ1n) is 6.04. The van der Waals surface area contributed by atoms with Crippen molar-refractivity contribution in [3.8, 4) is 0 Å². The molecule has 2 aromatic carbocycles. The molecule has 0 N–H and O–H groups in total. The number of hydrogen-bond acceptors (Lipinski definition) is 3. The van der Waals surface area contributed by atoms with Gasteiger partial charge in [0.2, 0.25) is 0 Å². The molecule has 0 heterocycles. The van der Waals surface area contributed by atoms with Crippen LogP contribution in [0.3, 0.4) is 0 Å². The van der Waals surface area contributed by atoms with Crippen molar-refractivity contribution in [2.75, 3.05) is 7.11 Å². The second-order valence-electron chi connectivity index (χ2n) is 4.16. The van der Waals surface area contributed by atoms with E-state index in [9.17, 15) is 9.59 Å². The van der Waals surface area contributed by atoms with Crippen LogP contribution in [-0.2, 0) is 4.74 Å². The summed E-state index contributed by atoms with van der Waals surface area (Å²) in [5.41, 5.74) is 1.30. The molecule has 0 radical (unpaired) electrons. The zero-order valence-electron chi connectivity index (χ0n) is 11.2. The summed E-state index contributed by atoms with van der Waals surface area (Å²) in [6.07, 6.45) is 0. The highest BCUT2D eigenvalue weighted by molar-refractivity contribution is 5.93. The summed E-state index contributed by atoms with van der Waals surface area (Å²) in [6.45, 7) is 1.57. The Hall–Kier alpha value is -1.69. The van der Waals surface area contributed by atoms with Crippen molar-refractivity contribution in [2.45, 2.75) is 6.92 Å². The molecular weight excluding hydrogens is 367 g/mol. The first-order chi connectivity index (χ1) is 9.60. The lowest BCUT2D eigenvalue weighted by Crippen LogP contribution is -3.61. The van der Waals surface area contributed by atoms with Crippen LogP contribution in [0.2, 0.25) is 0 Å². The molecule has 0 spiro atoms. The van der Waals surface area contributed by atoms with Crippen molar-refractivity contribution in [3.05, 3.63) is 66.8 Å². The van der Waals surface area contributed by atoms with Gasteiger partial charge in [-0.05, 0) is 55.5 Å². The first-order valence-corrected chi connectivity index (χ1v) is 8.20. The predicted molar refractivity (Wildman–Crippen MR) is 71.6 cm³/mol. The number of carbonyl (C=O) groups is 2. The molecule has 0 aliphatic carbocycles. The number of hydrogen-bond donors (Lipinski definition) is 0. The van der Waals surface area contributed by atoms with Crippen LogP contribution in [0.5, 0.6) is 0 Å².